The summed E-state index contributed by atoms with van der Waals surface area (Å²) >= 11 is 1.34. The van der Waals surface area contributed by atoms with Crippen molar-refractivity contribution in [2.45, 2.75) is 41.4 Å². The molecule has 5 atom stereocenters. The van der Waals surface area contributed by atoms with Crippen molar-refractivity contribution in [2.24, 2.45) is 0 Å². The lowest BCUT2D eigenvalue weighted by Gasteiger charge is -2.41. The first-order chi connectivity index (χ1) is 12.2. The first-order valence-corrected chi connectivity index (χ1v) is 9.06. The Kier molecular flexibility index (Phi) is 6.47. The van der Waals surface area contributed by atoms with Crippen LogP contribution in [0.2, 0.25) is 0 Å². The number of aliphatic hydroxyl groups excluding tert-OH is 3. The van der Waals surface area contributed by atoms with E-state index in [4.69, 9.17) is 9.47 Å². The van der Waals surface area contributed by atoms with Crippen molar-refractivity contribution < 1.29 is 24.8 Å². The second-order valence-corrected chi connectivity index (χ2v) is 7.07. The SMILES string of the molecule is OC[C@H]1O[C@@H](Sc2ccccc2)[C@H](O)[C@@H](OCc2ccccc2)[C@H]1O. The third-order valence-electron chi connectivity index (χ3n) is 4.10. The van der Waals surface area contributed by atoms with Crippen LogP contribution in [0.5, 0.6) is 0 Å². The van der Waals surface area contributed by atoms with Gasteiger partial charge in [0, 0.05) is 4.90 Å². The van der Waals surface area contributed by atoms with Crippen molar-refractivity contribution in [3.8, 4) is 0 Å². The fraction of sp³-hybridized carbons (Fsp3) is 0.368. The van der Waals surface area contributed by atoms with Gasteiger partial charge in [-0.25, -0.2) is 0 Å². The van der Waals surface area contributed by atoms with Crippen molar-refractivity contribution in [3.05, 3.63) is 66.2 Å². The van der Waals surface area contributed by atoms with Crippen LogP contribution in [0, 0.1) is 0 Å². The Morgan fingerprint density at radius 3 is 2.20 bits per heavy atom. The quantitative estimate of drug-likeness (QED) is 0.727. The molecule has 0 bridgehead atoms. The van der Waals surface area contributed by atoms with Gasteiger partial charge in [-0.05, 0) is 17.7 Å². The maximum Gasteiger partial charge on any atom is 0.136 e. The van der Waals surface area contributed by atoms with Crippen molar-refractivity contribution >= 4 is 11.8 Å². The summed E-state index contributed by atoms with van der Waals surface area (Å²) in [6.07, 6.45) is -3.76. The van der Waals surface area contributed by atoms with Crippen LogP contribution in [0.4, 0.5) is 0 Å². The first-order valence-electron chi connectivity index (χ1n) is 8.18. The molecule has 2 aromatic rings. The molecule has 0 radical (unpaired) electrons. The lowest BCUT2D eigenvalue weighted by atomic mass is 10.00. The van der Waals surface area contributed by atoms with Gasteiger partial charge in [-0.3, -0.25) is 0 Å². The lowest BCUT2D eigenvalue weighted by molar-refractivity contribution is -0.223. The number of benzene rings is 2. The maximum absolute atomic E-state index is 10.6. The van der Waals surface area contributed by atoms with Crippen LogP contribution >= 0.6 is 11.8 Å². The van der Waals surface area contributed by atoms with E-state index < -0.39 is 29.9 Å². The zero-order chi connectivity index (χ0) is 17.6. The van der Waals surface area contributed by atoms with Crippen LogP contribution in [0.25, 0.3) is 0 Å². The average molecular weight is 362 g/mol. The number of ether oxygens (including phenoxy) is 2. The van der Waals surface area contributed by atoms with E-state index in [0.29, 0.717) is 0 Å². The van der Waals surface area contributed by atoms with E-state index in [0.717, 1.165) is 10.5 Å². The number of hydrogen-bond acceptors (Lipinski definition) is 6. The van der Waals surface area contributed by atoms with Crippen molar-refractivity contribution in [1.82, 2.24) is 0 Å². The molecule has 0 spiro atoms. The van der Waals surface area contributed by atoms with Crippen molar-refractivity contribution in [3.63, 3.8) is 0 Å². The Hall–Kier alpha value is -1.41. The van der Waals surface area contributed by atoms with Gasteiger partial charge in [0.1, 0.15) is 29.9 Å². The molecule has 0 aromatic heterocycles. The molecule has 25 heavy (non-hydrogen) atoms. The monoisotopic (exact) mass is 362 g/mol. The standard InChI is InChI=1S/C19H22O5S/c20-11-15-16(21)18(23-12-13-7-3-1-4-8-13)17(22)19(24-15)25-14-9-5-2-6-10-14/h1-10,15-22H,11-12H2/t15-,16+,17-,18+,19+/m1/s1. The van der Waals surface area contributed by atoms with Gasteiger partial charge in [-0.2, -0.15) is 0 Å². The molecule has 2 aromatic carbocycles. The number of aliphatic hydroxyl groups is 3. The van der Waals surface area contributed by atoms with Crippen molar-refractivity contribution in [1.29, 1.82) is 0 Å². The predicted molar refractivity (Wildman–Crippen MR) is 95.1 cm³/mol. The van der Waals surface area contributed by atoms with Crippen LogP contribution in [0.1, 0.15) is 5.56 Å². The third-order valence-corrected chi connectivity index (χ3v) is 5.27. The van der Waals surface area contributed by atoms with Crippen molar-refractivity contribution in [2.75, 3.05) is 6.61 Å². The maximum atomic E-state index is 10.6. The fourth-order valence-electron chi connectivity index (χ4n) is 2.75. The summed E-state index contributed by atoms with van der Waals surface area (Å²) in [6, 6.07) is 19.1. The molecule has 6 heteroatoms. The van der Waals surface area contributed by atoms with E-state index in [9.17, 15) is 15.3 Å². The van der Waals surface area contributed by atoms with Crippen LogP contribution < -0.4 is 0 Å². The molecule has 1 aliphatic rings. The minimum Gasteiger partial charge on any atom is -0.394 e. The normalized spacial score (nSPS) is 29.5. The topological polar surface area (TPSA) is 79.2 Å². The van der Waals surface area contributed by atoms with E-state index in [1.807, 2.05) is 60.7 Å². The Bertz CT molecular complexity index is 639. The van der Waals surface area contributed by atoms with Gasteiger partial charge < -0.3 is 24.8 Å². The Balaban J connectivity index is 1.70. The highest BCUT2D eigenvalue weighted by Crippen LogP contribution is 2.34. The Morgan fingerprint density at radius 1 is 0.920 bits per heavy atom. The van der Waals surface area contributed by atoms with Crippen LogP contribution in [-0.2, 0) is 16.1 Å². The summed E-state index contributed by atoms with van der Waals surface area (Å²) in [6.45, 7) is -0.0779. The van der Waals surface area contributed by atoms with Gasteiger partial charge in [-0.1, -0.05) is 60.3 Å². The minimum absolute atomic E-state index is 0.264. The largest absolute Gasteiger partial charge is 0.394 e. The van der Waals surface area contributed by atoms with E-state index in [-0.39, 0.29) is 13.2 Å². The molecular weight excluding hydrogens is 340 g/mol. The number of hydrogen-bond donors (Lipinski definition) is 3. The average Bonchev–Trinajstić information content (AvgIpc) is 2.65. The molecular formula is C19H22O5S. The molecule has 0 saturated carbocycles. The highest BCUT2D eigenvalue weighted by Gasteiger charge is 2.45. The number of thioether (sulfide) groups is 1. The van der Waals surface area contributed by atoms with Gasteiger partial charge >= 0.3 is 0 Å². The molecule has 0 aliphatic carbocycles. The smallest absolute Gasteiger partial charge is 0.136 e. The van der Waals surface area contributed by atoms with Crippen LogP contribution in [-0.4, -0.2) is 51.8 Å². The molecule has 1 saturated heterocycles. The van der Waals surface area contributed by atoms with Crippen LogP contribution in [0.15, 0.2) is 65.6 Å². The van der Waals surface area contributed by atoms with E-state index in [1.165, 1.54) is 11.8 Å². The van der Waals surface area contributed by atoms with Gasteiger partial charge in [0.15, 0.2) is 0 Å². The second-order valence-electron chi connectivity index (χ2n) is 5.90. The molecule has 134 valence electrons. The Morgan fingerprint density at radius 2 is 1.56 bits per heavy atom. The fourth-order valence-corrected chi connectivity index (χ4v) is 3.82. The lowest BCUT2D eigenvalue weighted by Crippen LogP contribution is -2.58. The van der Waals surface area contributed by atoms with E-state index in [2.05, 4.69) is 0 Å². The van der Waals surface area contributed by atoms with Gasteiger partial charge in [0.25, 0.3) is 0 Å². The van der Waals surface area contributed by atoms with Crippen LogP contribution in [0.3, 0.4) is 0 Å². The Labute approximate surface area is 151 Å². The third kappa shape index (κ3) is 4.61. The highest BCUT2D eigenvalue weighted by molar-refractivity contribution is 7.99. The summed E-state index contributed by atoms with van der Waals surface area (Å²) in [5.74, 6) is 0. The summed E-state index contributed by atoms with van der Waals surface area (Å²) in [5.41, 5.74) is 0.310. The number of rotatable bonds is 6. The molecule has 3 rings (SSSR count). The van der Waals surface area contributed by atoms with E-state index in [1.54, 1.807) is 0 Å². The molecule has 1 heterocycles. The molecule has 0 amide bonds. The summed E-state index contributed by atoms with van der Waals surface area (Å²) in [7, 11) is 0. The highest BCUT2D eigenvalue weighted by atomic mass is 32.2. The molecule has 1 aliphatic heterocycles. The molecule has 1 fully saturated rings. The van der Waals surface area contributed by atoms with E-state index >= 15 is 0 Å². The molecule has 3 N–H and O–H groups in total. The zero-order valence-corrected chi connectivity index (χ0v) is 14.5. The predicted octanol–water partition coefficient (Wildman–Crippen LogP) is 1.80. The summed E-state index contributed by atoms with van der Waals surface area (Å²) < 4.78 is 11.5. The summed E-state index contributed by atoms with van der Waals surface area (Å²) in [4.78, 5) is 0.932. The van der Waals surface area contributed by atoms with Gasteiger partial charge in [0.2, 0.25) is 0 Å². The zero-order valence-electron chi connectivity index (χ0n) is 13.6. The minimum atomic E-state index is -1.10. The second kappa shape index (κ2) is 8.80. The first kappa shape index (κ1) is 18.4. The summed E-state index contributed by atoms with van der Waals surface area (Å²) in [5, 5.41) is 30.5. The molecule has 0 unspecified atom stereocenters. The van der Waals surface area contributed by atoms with Gasteiger partial charge in [0.05, 0.1) is 13.2 Å². The molecule has 5 nitrogen and oxygen atoms in total. The van der Waals surface area contributed by atoms with Gasteiger partial charge in [-0.15, -0.1) is 0 Å².